The minimum absolute atomic E-state index is 0.000941. The lowest BCUT2D eigenvalue weighted by molar-refractivity contribution is 0.0137. The summed E-state index contributed by atoms with van der Waals surface area (Å²) in [5.41, 5.74) is 0.459. The zero-order valence-electron chi connectivity index (χ0n) is 17.4. The van der Waals surface area contributed by atoms with Gasteiger partial charge >= 0.3 is 0 Å². The third-order valence-electron chi connectivity index (χ3n) is 6.58. The van der Waals surface area contributed by atoms with Crippen LogP contribution in [0, 0.1) is 0 Å². The van der Waals surface area contributed by atoms with E-state index in [-0.39, 0.29) is 22.1 Å². The van der Waals surface area contributed by atoms with E-state index in [1.807, 2.05) is 0 Å². The van der Waals surface area contributed by atoms with Crippen molar-refractivity contribution in [3.05, 3.63) is 30.0 Å². The van der Waals surface area contributed by atoms with Gasteiger partial charge in [-0.25, -0.2) is 13.6 Å². The molecule has 1 aliphatic carbocycles. The van der Waals surface area contributed by atoms with Crippen molar-refractivity contribution in [1.82, 2.24) is 15.1 Å². The summed E-state index contributed by atoms with van der Waals surface area (Å²) in [6.07, 6.45) is 5.80. The van der Waals surface area contributed by atoms with Gasteiger partial charge in [-0.2, -0.15) is 0 Å². The average Bonchev–Trinajstić information content (AvgIpc) is 3.16. The molecule has 0 spiro atoms. The van der Waals surface area contributed by atoms with Gasteiger partial charge in [0.1, 0.15) is 5.58 Å². The second kappa shape index (κ2) is 8.30. The molecule has 8 nitrogen and oxygen atoms in total. The number of fused-ring (bicyclic) bond motifs is 1. The Morgan fingerprint density at radius 3 is 2.50 bits per heavy atom. The number of carbonyl (C=O) groups excluding carboxylic acids is 1. The van der Waals surface area contributed by atoms with E-state index in [1.54, 1.807) is 6.07 Å². The summed E-state index contributed by atoms with van der Waals surface area (Å²) in [5, 5.41) is 8.83. The van der Waals surface area contributed by atoms with Gasteiger partial charge in [0.15, 0.2) is 5.76 Å². The van der Waals surface area contributed by atoms with Gasteiger partial charge in [-0.1, -0.05) is 19.3 Å². The van der Waals surface area contributed by atoms with E-state index in [9.17, 15) is 13.2 Å². The van der Waals surface area contributed by atoms with Crippen LogP contribution in [0.1, 0.15) is 42.7 Å². The van der Waals surface area contributed by atoms with Crippen molar-refractivity contribution in [2.45, 2.75) is 42.5 Å². The van der Waals surface area contributed by atoms with E-state index >= 15 is 0 Å². The molecular weight excluding hydrogens is 404 g/mol. The van der Waals surface area contributed by atoms with Gasteiger partial charge in [-0.15, -0.1) is 0 Å². The number of furan rings is 1. The molecule has 30 heavy (non-hydrogen) atoms. The number of piperazine rings is 1. The van der Waals surface area contributed by atoms with Crippen LogP contribution in [0.4, 0.5) is 0 Å². The van der Waals surface area contributed by atoms with Crippen molar-refractivity contribution in [3.63, 3.8) is 0 Å². The Balaban J connectivity index is 1.49. The third-order valence-corrected chi connectivity index (χ3v) is 7.49. The van der Waals surface area contributed by atoms with Crippen molar-refractivity contribution in [2.75, 3.05) is 39.8 Å². The molecular formula is C21H30N4O4S. The van der Waals surface area contributed by atoms with Crippen LogP contribution in [0.5, 0.6) is 0 Å². The van der Waals surface area contributed by atoms with Crippen LogP contribution >= 0.6 is 0 Å². The molecule has 1 saturated carbocycles. The van der Waals surface area contributed by atoms with Crippen LogP contribution in [0.15, 0.2) is 33.6 Å². The first-order valence-electron chi connectivity index (χ1n) is 10.6. The predicted molar refractivity (Wildman–Crippen MR) is 115 cm³/mol. The van der Waals surface area contributed by atoms with Gasteiger partial charge < -0.3 is 14.6 Å². The lowest BCUT2D eigenvalue weighted by Gasteiger charge is -2.49. The second-order valence-corrected chi connectivity index (χ2v) is 10.2. The Hall–Kier alpha value is -1.94. The highest BCUT2D eigenvalue weighted by Gasteiger charge is 2.39. The lowest BCUT2D eigenvalue weighted by Crippen LogP contribution is -2.61. The Bertz CT molecular complexity index is 1020. The number of carbonyl (C=O) groups is 1. The Kier molecular flexibility index (Phi) is 5.89. The maximum absolute atomic E-state index is 12.8. The van der Waals surface area contributed by atoms with Gasteiger partial charge in [0, 0.05) is 43.6 Å². The molecule has 164 valence electrons. The summed E-state index contributed by atoms with van der Waals surface area (Å²) < 4.78 is 28.8. The van der Waals surface area contributed by atoms with E-state index in [2.05, 4.69) is 22.2 Å². The molecule has 0 bridgehead atoms. The number of hydrogen-bond acceptors (Lipinski definition) is 6. The monoisotopic (exact) mass is 434 g/mol. The first kappa shape index (κ1) is 21.3. The summed E-state index contributed by atoms with van der Waals surface area (Å²) in [4.78, 5) is 17.7. The van der Waals surface area contributed by atoms with Crippen LogP contribution in [0.3, 0.4) is 0 Å². The molecule has 1 aromatic heterocycles. The molecule has 1 amide bonds. The van der Waals surface area contributed by atoms with Crippen LogP contribution in [-0.4, -0.2) is 69.4 Å². The molecule has 2 fully saturated rings. The zero-order chi connectivity index (χ0) is 21.4. The first-order chi connectivity index (χ1) is 14.3. The van der Waals surface area contributed by atoms with Gasteiger partial charge in [0.05, 0.1) is 4.90 Å². The number of rotatable bonds is 5. The second-order valence-electron chi connectivity index (χ2n) is 8.61. The molecule has 1 saturated heterocycles. The Labute approximate surface area is 177 Å². The van der Waals surface area contributed by atoms with Gasteiger partial charge in [-0.3, -0.25) is 9.69 Å². The topological polar surface area (TPSA) is 109 Å². The van der Waals surface area contributed by atoms with E-state index in [1.165, 1.54) is 37.5 Å². The van der Waals surface area contributed by atoms with E-state index in [0.29, 0.717) is 17.5 Å². The summed E-state index contributed by atoms with van der Waals surface area (Å²) in [5.74, 6) is -0.0941. The fourth-order valence-electron chi connectivity index (χ4n) is 4.74. The number of nitrogens with one attached hydrogen (secondary N) is 1. The van der Waals surface area contributed by atoms with E-state index in [0.717, 1.165) is 39.0 Å². The summed E-state index contributed by atoms with van der Waals surface area (Å²) in [7, 11) is -1.66. The standard InChI is InChI=1S/C21H30N4O4S/c1-24-9-11-25(12-10-24)21(7-3-2-4-8-21)15-23-20(26)19-14-16-13-17(30(22,27)28)5-6-18(16)29-19/h5-6,13-14H,2-4,7-12,15H2,1H3,(H,23,26)(H2,22,27,28). The number of amides is 1. The van der Waals surface area contributed by atoms with Gasteiger partial charge in [-0.05, 0) is 44.2 Å². The van der Waals surface area contributed by atoms with Crippen molar-refractivity contribution < 1.29 is 17.6 Å². The Morgan fingerprint density at radius 1 is 1.13 bits per heavy atom. The predicted octanol–water partition coefficient (Wildman–Crippen LogP) is 1.76. The van der Waals surface area contributed by atoms with Crippen molar-refractivity contribution in [3.8, 4) is 0 Å². The number of nitrogens with zero attached hydrogens (tertiary/aromatic N) is 2. The normalized spacial score (nSPS) is 21.0. The molecule has 9 heteroatoms. The third kappa shape index (κ3) is 4.39. The Morgan fingerprint density at radius 2 is 1.83 bits per heavy atom. The highest BCUT2D eigenvalue weighted by atomic mass is 32.2. The lowest BCUT2D eigenvalue weighted by atomic mass is 9.79. The SMILES string of the molecule is CN1CCN(C2(CNC(=O)c3cc4cc(S(N)(=O)=O)ccc4o3)CCCCC2)CC1. The van der Waals surface area contributed by atoms with Crippen molar-refractivity contribution >= 4 is 26.9 Å². The number of benzene rings is 1. The minimum atomic E-state index is -3.81. The highest BCUT2D eigenvalue weighted by Crippen LogP contribution is 2.34. The molecule has 2 heterocycles. The maximum Gasteiger partial charge on any atom is 0.287 e. The smallest absolute Gasteiger partial charge is 0.287 e. The van der Waals surface area contributed by atoms with Crippen LogP contribution in [0.2, 0.25) is 0 Å². The minimum Gasteiger partial charge on any atom is -0.451 e. The zero-order valence-corrected chi connectivity index (χ0v) is 18.2. The molecule has 0 atom stereocenters. The molecule has 4 rings (SSSR count). The van der Waals surface area contributed by atoms with Crippen molar-refractivity contribution in [2.24, 2.45) is 5.14 Å². The van der Waals surface area contributed by atoms with E-state index in [4.69, 9.17) is 9.56 Å². The highest BCUT2D eigenvalue weighted by molar-refractivity contribution is 7.89. The summed E-state index contributed by atoms with van der Waals surface area (Å²) in [6.45, 7) is 4.73. The fourth-order valence-corrected chi connectivity index (χ4v) is 5.29. The number of likely N-dealkylation sites (N-methyl/N-ethyl adjacent to an activating group) is 1. The van der Waals surface area contributed by atoms with Gasteiger partial charge in [0.2, 0.25) is 10.0 Å². The number of hydrogen-bond donors (Lipinski definition) is 2. The molecule has 2 aromatic rings. The molecule has 0 unspecified atom stereocenters. The average molecular weight is 435 g/mol. The summed E-state index contributed by atoms with van der Waals surface area (Å²) >= 11 is 0. The fraction of sp³-hybridized carbons (Fsp3) is 0.571. The van der Waals surface area contributed by atoms with Crippen LogP contribution in [0.25, 0.3) is 11.0 Å². The molecule has 1 aliphatic heterocycles. The number of sulfonamides is 1. The molecule has 0 radical (unpaired) electrons. The quantitative estimate of drug-likeness (QED) is 0.742. The van der Waals surface area contributed by atoms with Crippen LogP contribution in [-0.2, 0) is 10.0 Å². The number of nitrogens with two attached hydrogens (primary N) is 1. The van der Waals surface area contributed by atoms with Gasteiger partial charge in [0.25, 0.3) is 5.91 Å². The first-order valence-corrected chi connectivity index (χ1v) is 12.1. The van der Waals surface area contributed by atoms with E-state index < -0.39 is 10.0 Å². The number of primary sulfonamides is 1. The molecule has 1 aromatic carbocycles. The maximum atomic E-state index is 12.8. The van der Waals surface area contributed by atoms with Crippen molar-refractivity contribution in [1.29, 1.82) is 0 Å². The van der Waals surface area contributed by atoms with Crippen LogP contribution < -0.4 is 10.5 Å². The largest absolute Gasteiger partial charge is 0.451 e. The summed E-state index contributed by atoms with van der Waals surface area (Å²) in [6, 6.07) is 5.91. The molecule has 3 N–H and O–H groups in total. The molecule has 2 aliphatic rings.